The van der Waals surface area contributed by atoms with Crippen LogP contribution in [0.25, 0.3) is 0 Å². The molecule has 0 rings (SSSR count). The van der Waals surface area contributed by atoms with Crippen molar-refractivity contribution in [2.24, 2.45) is 29.6 Å². The fourth-order valence-corrected chi connectivity index (χ4v) is 5.44. The Bertz CT molecular complexity index is 1010. The normalized spacial score (nSPS) is 20.8. The number of aliphatic hydroxyl groups excluding tert-OH is 5. The minimum Gasteiger partial charge on any atom is -0.463 e. The number of aliphatic hydroxyl groups is 5. The van der Waals surface area contributed by atoms with Crippen molar-refractivity contribution in [3.05, 3.63) is 47.1 Å². The van der Waals surface area contributed by atoms with Crippen molar-refractivity contribution in [3.63, 3.8) is 0 Å². The summed E-state index contributed by atoms with van der Waals surface area (Å²) in [6.45, 7) is 18.2. The van der Waals surface area contributed by atoms with Gasteiger partial charge in [-0.25, -0.2) is 4.79 Å². The number of esters is 1. The van der Waals surface area contributed by atoms with Crippen molar-refractivity contribution in [2.45, 2.75) is 125 Å². The van der Waals surface area contributed by atoms with Gasteiger partial charge in [0.05, 0.1) is 37.1 Å². The van der Waals surface area contributed by atoms with Crippen molar-refractivity contribution >= 4 is 11.8 Å². The first-order chi connectivity index (χ1) is 20.9. The first kappa shape index (κ1) is 42.9. The molecule has 0 spiro atoms. The predicted molar refractivity (Wildman–Crippen MR) is 178 cm³/mol. The number of Topliss-reactive ketones (excluding diaryl/α,β-unsaturated/α-hetero) is 1. The summed E-state index contributed by atoms with van der Waals surface area (Å²) in [5.41, 5.74) is 2.39. The highest BCUT2D eigenvalue weighted by atomic mass is 16.5. The Morgan fingerprint density at radius 2 is 1.40 bits per heavy atom. The number of rotatable bonds is 21. The molecule has 0 aliphatic rings. The van der Waals surface area contributed by atoms with E-state index in [2.05, 4.69) is 0 Å². The molecule has 0 amide bonds. The monoisotopic (exact) mass is 638 g/mol. The van der Waals surface area contributed by atoms with E-state index in [-0.39, 0.29) is 30.0 Å². The summed E-state index contributed by atoms with van der Waals surface area (Å²) < 4.78 is 10.5. The van der Waals surface area contributed by atoms with Gasteiger partial charge in [0.2, 0.25) is 0 Å². The van der Waals surface area contributed by atoms with Crippen molar-refractivity contribution in [1.82, 2.24) is 0 Å². The number of carbonyl (C=O) groups is 2. The molecule has 0 radical (unpaired) electrons. The van der Waals surface area contributed by atoms with Crippen LogP contribution in [0.1, 0.15) is 88.5 Å². The Morgan fingerprint density at radius 3 is 1.93 bits per heavy atom. The van der Waals surface area contributed by atoms with E-state index >= 15 is 0 Å². The van der Waals surface area contributed by atoms with E-state index < -0.39 is 54.4 Å². The smallest absolute Gasteiger partial charge is 0.333 e. The fourth-order valence-electron chi connectivity index (χ4n) is 5.44. The van der Waals surface area contributed by atoms with E-state index in [1.165, 1.54) is 7.11 Å². The molecule has 0 aromatic rings. The van der Waals surface area contributed by atoms with Crippen LogP contribution in [-0.2, 0) is 19.1 Å². The van der Waals surface area contributed by atoms with Crippen LogP contribution in [0, 0.1) is 29.6 Å². The van der Waals surface area contributed by atoms with Crippen molar-refractivity contribution < 1.29 is 44.6 Å². The highest BCUT2D eigenvalue weighted by molar-refractivity contribution is 5.88. The summed E-state index contributed by atoms with van der Waals surface area (Å²) in [5.74, 6) is -2.89. The second kappa shape index (κ2) is 21.6. The maximum Gasteiger partial charge on any atom is 0.333 e. The van der Waals surface area contributed by atoms with Gasteiger partial charge in [-0.3, -0.25) is 4.79 Å². The van der Waals surface area contributed by atoms with Gasteiger partial charge in [0.25, 0.3) is 0 Å². The summed E-state index contributed by atoms with van der Waals surface area (Å²) in [7, 11) is 1.46. The molecule has 0 aromatic carbocycles. The molecule has 0 aliphatic carbocycles. The van der Waals surface area contributed by atoms with Gasteiger partial charge in [-0.1, -0.05) is 77.0 Å². The molecule has 11 atom stereocenters. The van der Waals surface area contributed by atoms with Gasteiger partial charge in [-0.15, -0.1) is 0 Å². The van der Waals surface area contributed by atoms with E-state index in [4.69, 9.17) is 9.47 Å². The average molecular weight is 639 g/mol. The molecule has 0 aliphatic heterocycles. The van der Waals surface area contributed by atoms with Crippen LogP contribution in [0.3, 0.4) is 0 Å². The summed E-state index contributed by atoms with van der Waals surface area (Å²) in [6, 6.07) is 0. The lowest BCUT2D eigenvalue weighted by atomic mass is 9.82. The molecule has 0 aromatic heterocycles. The quantitative estimate of drug-likeness (QED) is 0.0684. The zero-order valence-electron chi connectivity index (χ0n) is 29.4. The molecule has 0 bridgehead atoms. The lowest BCUT2D eigenvalue weighted by molar-refractivity contribution is -0.138. The van der Waals surface area contributed by atoms with Gasteiger partial charge in [0, 0.05) is 42.8 Å². The summed E-state index contributed by atoms with van der Waals surface area (Å²) in [5, 5.41) is 53.1. The van der Waals surface area contributed by atoms with Gasteiger partial charge < -0.3 is 35.0 Å². The Balaban J connectivity index is 5.26. The van der Waals surface area contributed by atoms with Crippen LogP contribution in [0.4, 0.5) is 0 Å². The highest BCUT2D eigenvalue weighted by Gasteiger charge is 2.35. The number of carbonyl (C=O) groups excluding carboxylic acids is 2. The lowest BCUT2D eigenvalue weighted by Gasteiger charge is -2.31. The van der Waals surface area contributed by atoms with E-state index in [1.54, 1.807) is 59.8 Å². The van der Waals surface area contributed by atoms with Gasteiger partial charge in [0.15, 0.2) is 0 Å². The molecule has 260 valence electrons. The lowest BCUT2D eigenvalue weighted by Crippen LogP contribution is -2.43. The average Bonchev–Trinajstić information content (AvgIpc) is 2.99. The predicted octanol–water partition coefficient (Wildman–Crippen LogP) is 4.70. The van der Waals surface area contributed by atoms with Gasteiger partial charge in [0.1, 0.15) is 11.9 Å². The first-order valence-corrected chi connectivity index (χ1v) is 16.3. The van der Waals surface area contributed by atoms with Crippen LogP contribution in [0.15, 0.2) is 47.1 Å². The molecule has 0 saturated heterocycles. The Kier molecular flexibility index (Phi) is 20.6. The Hall–Kier alpha value is -2.14. The number of hydrogen-bond donors (Lipinski definition) is 5. The van der Waals surface area contributed by atoms with Crippen LogP contribution in [0.5, 0.6) is 0 Å². The number of allylic oxidation sites excluding steroid dienone is 5. The Labute approximate surface area is 271 Å². The molecule has 11 unspecified atom stereocenters. The zero-order chi connectivity index (χ0) is 35.0. The number of ketones is 1. The minimum atomic E-state index is -1.17. The minimum absolute atomic E-state index is 0.0476. The largest absolute Gasteiger partial charge is 0.463 e. The molecule has 45 heavy (non-hydrogen) atoms. The zero-order valence-corrected chi connectivity index (χ0v) is 29.4. The fraction of sp³-hybridized carbons (Fsp3) is 0.722. The maximum absolute atomic E-state index is 12.8. The van der Waals surface area contributed by atoms with Crippen LogP contribution in [0.2, 0.25) is 0 Å². The maximum atomic E-state index is 12.8. The van der Waals surface area contributed by atoms with Gasteiger partial charge >= 0.3 is 5.97 Å². The third-order valence-corrected chi connectivity index (χ3v) is 8.76. The first-order valence-electron chi connectivity index (χ1n) is 16.3. The second-order valence-corrected chi connectivity index (χ2v) is 12.8. The number of methoxy groups -OCH3 is 1. The van der Waals surface area contributed by atoms with Crippen LogP contribution < -0.4 is 0 Å². The molecule has 9 heteroatoms. The van der Waals surface area contributed by atoms with Gasteiger partial charge in [-0.05, 0) is 52.5 Å². The summed E-state index contributed by atoms with van der Waals surface area (Å²) >= 11 is 0. The standard InChI is InChI=1S/C36H62O9/c1-12-29(37)26(8)30(38)20-31(39)27(9)34(41)28(10)35(42)32(44-11)16-14-15-21(3)17-23(5)33(40)24(6)18-22(4)19-25(7)36(43)45-13-2/h14-16,18-19,23-24,26-30,32-35,37-38,40-42H,12-13,17,20H2,1-11H3/b16-14+,21-15+,22-18+,25-19+. The summed E-state index contributed by atoms with van der Waals surface area (Å²) in [6.07, 6.45) is 4.59. The van der Waals surface area contributed by atoms with Crippen molar-refractivity contribution in [3.8, 4) is 0 Å². The topological polar surface area (TPSA) is 154 Å². The Morgan fingerprint density at radius 1 is 0.800 bits per heavy atom. The van der Waals surface area contributed by atoms with E-state index in [0.29, 0.717) is 25.0 Å². The molecule has 5 N–H and O–H groups in total. The highest BCUT2D eigenvalue weighted by Crippen LogP contribution is 2.25. The molecule has 9 nitrogen and oxygen atoms in total. The third kappa shape index (κ3) is 14.9. The van der Waals surface area contributed by atoms with Gasteiger partial charge in [-0.2, -0.15) is 0 Å². The molecule has 0 fully saturated rings. The third-order valence-electron chi connectivity index (χ3n) is 8.76. The van der Waals surface area contributed by atoms with E-state index in [1.807, 2.05) is 39.8 Å². The second-order valence-electron chi connectivity index (χ2n) is 12.8. The number of ether oxygens (including phenoxy) is 2. The number of hydrogen-bond acceptors (Lipinski definition) is 9. The SMILES string of the molecule is CCOC(=O)/C(C)=C/C(C)=C/C(C)C(O)C(C)C/C(C)=C/C=C/C(OC)C(O)C(C)C(O)C(C)C(=O)CC(O)C(C)C(O)CC. The molecular weight excluding hydrogens is 576 g/mol. The van der Waals surface area contributed by atoms with Crippen LogP contribution in [-0.4, -0.2) is 87.6 Å². The van der Waals surface area contributed by atoms with E-state index in [9.17, 15) is 35.1 Å². The van der Waals surface area contributed by atoms with Crippen molar-refractivity contribution in [2.75, 3.05) is 13.7 Å². The molecular formula is C36H62O9. The summed E-state index contributed by atoms with van der Waals surface area (Å²) in [4.78, 5) is 24.6. The molecule has 0 heterocycles. The molecule has 0 saturated carbocycles. The van der Waals surface area contributed by atoms with Crippen LogP contribution >= 0.6 is 0 Å². The van der Waals surface area contributed by atoms with Crippen molar-refractivity contribution in [1.29, 1.82) is 0 Å². The van der Waals surface area contributed by atoms with E-state index in [0.717, 1.165) is 11.1 Å².